The van der Waals surface area contributed by atoms with Gasteiger partial charge in [0.05, 0.1) is 37.3 Å². The summed E-state index contributed by atoms with van der Waals surface area (Å²) in [6, 6.07) is 4.64. The molecule has 2 aliphatic heterocycles. The lowest BCUT2D eigenvalue weighted by atomic mass is 10.2. The molecule has 3 heterocycles. The molecule has 4 rings (SSSR count). The highest BCUT2D eigenvalue weighted by molar-refractivity contribution is 5.93. The average Bonchev–Trinajstić information content (AvgIpc) is 3.38. The summed E-state index contributed by atoms with van der Waals surface area (Å²) >= 11 is 0. The largest absolute Gasteiger partial charge is 0.494 e. The van der Waals surface area contributed by atoms with Crippen LogP contribution in [0.5, 0.6) is 5.75 Å². The normalized spacial score (nSPS) is 19.2. The van der Waals surface area contributed by atoms with Crippen molar-refractivity contribution in [3.63, 3.8) is 0 Å². The van der Waals surface area contributed by atoms with Crippen molar-refractivity contribution < 1.29 is 23.0 Å². The molecule has 1 aromatic heterocycles. The van der Waals surface area contributed by atoms with Crippen LogP contribution >= 0.6 is 0 Å². The quantitative estimate of drug-likeness (QED) is 0.509. The molecule has 0 radical (unpaired) electrons. The fraction of sp³-hybridized carbons (Fsp3) is 0.524. The molecule has 0 saturated carbocycles. The second-order valence-electron chi connectivity index (χ2n) is 7.53. The molecule has 2 aliphatic rings. The lowest BCUT2D eigenvalue weighted by Gasteiger charge is -2.26. The Balaban J connectivity index is 1.27. The van der Waals surface area contributed by atoms with Gasteiger partial charge in [-0.25, -0.2) is 9.58 Å². The molecule has 0 atom stereocenters. The summed E-state index contributed by atoms with van der Waals surface area (Å²) < 4.78 is 39.7. The van der Waals surface area contributed by atoms with E-state index in [-0.39, 0.29) is 12.3 Å². The number of amides is 1. The maximum absolute atomic E-state index is 13.6. The van der Waals surface area contributed by atoms with Crippen molar-refractivity contribution in [1.82, 2.24) is 19.6 Å². The van der Waals surface area contributed by atoms with Gasteiger partial charge in [0.2, 0.25) is 0 Å². The van der Waals surface area contributed by atoms with Crippen LogP contribution in [0.1, 0.15) is 29.6 Å². The number of carbonyl (C=O) groups excluding carboxylic acids is 1. The molecule has 0 aliphatic carbocycles. The Labute approximate surface area is 174 Å². The van der Waals surface area contributed by atoms with Gasteiger partial charge in [0.25, 0.3) is 5.91 Å². The van der Waals surface area contributed by atoms with E-state index in [0.29, 0.717) is 70.2 Å². The molecule has 2 aromatic rings. The van der Waals surface area contributed by atoms with Gasteiger partial charge in [-0.2, -0.15) is 13.9 Å². The second kappa shape index (κ2) is 9.09. The van der Waals surface area contributed by atoms with E-state index in [4.69, 9.17) is 9.47 Å². The van der Waals surface area contributed by atoms with Crippen molar-refractivity contribution in [3.8, 4) is 11.4 Å². The number of benzene rings is 1. The third kappa shape index (κ3) is 4.79. The Morgan fingerprint density at radius 2 is 1.93 bits per heavy atom. The van der Waals surface area contributed by atoms with Gasteiger partial charge in [-0.3, -0.25) is 4.79 Å². The van der Waals surface area contributed by atoms with Gasteiger partial charge in [0.15, 0.2) is 0 Å². The predicted octanol–water partition coefficient (Wildman–Crippen LogP) is 2.80. The highest BCUT2D eigenvalue weighted by atomic mass is 19.3. The monoisotopic (exact) mass is 420 g/mol. The molecule has 1 aromatic carbocycles. The predicted molar refractivity (Wildman–Crippen MR) is 106 cm³/mol. The van der Waals surface area contributed by atoms with E-state index in [2.05, 4.69) is 5.10 Å². The second-order valence-corrected chi connectivity index (χ2v) is 7.53. The third-order valence-corrected chi connectivity index (χ3v) is 5.44. The summed E-state index contributed by atoms with van der Waals surface area (Å²) in [7, 11) is 0. The number of aromatic nitrogens is 2. The molecule has 30 heavy (non-hydrogen) atoms. The van der Waals surface area contributed by atoms with Crippen LogP contribution in [0.3, 0.4) is 0 Å². The zero-order valence-corrected chi connectivity index (χ0v) is 16.8. The standard InChI is InChI=1S/C21H26F2N4O3/c22-21(23)7-1-8-26(21)9-2-12-30-19-5-3-18(4-6-19)27-16-17(15-24-27)20(28)25-10-13-29-14-11-25/h3-6,15-16H,1-2,7-14H2. The molecule has 0 spiro atoms. The highest BCUT2D eigenvalue weighted by Crippen LogP contribution is 2.31. The van der Waals surface area contributed by atoms with E-state index in [1.807, 2.05) is 24.3 Å². The maximum Gasteiger partial charge on any atom is 0.304 e. The van der Waals surface area contributed by atoms with Crippen LogP contribution in [0.25, 0.3) is 5.69 Å². The van der Waals surface area contributed by atoms with Gasteiger partial charge in [0.1, 0.15) is 5.75 Å². The number of likely N-dealkylation sites (tertiary alicyclic amines) is 1. The number of rotatable bonds is 7. The molecule has 162 valence electrons. The molecule has 7 nitrogen and oxygen atoms in total. The van der Waals surface area contributed by atoms with Crippen molar-refractivity contribution in [2.75, 3.05) is 46.0 Å². The van der Waals surface area contributed by atoms with Crippen molar-refractivity contribution in [2.24, 2.45) is 0 Å². The van der Waals surface area contributed by atoms with E-state index in [1.165, 1.54) is 4.90 Å². The van der Waals surface area contributed by atoms with E-state index in [0.717, 1.165) is 5.69 Å². The van der Waals surface area contributed by atoms with Crippen molar-refractivity contribution in [1.29, 1.82) is 0 Å². The summed E-state index contributed by atoms with van der Waals surface area (Å²) in [6.07, 6.45) is 4.31. The molecule has 0 bridgehead atoms. The van der Waals surface area contributed by atoms with Gasteiger partial charge in [-0.1, -0.05) is 0 Å². The van der Waals surface area contributed by atoms with Gasteiger partial charge < -0.3 is 14.4 Å². The third-order valence-electron chi connectivity index (χ3n) is 5.44. The summed E-state index contributed by atoms with van der Waals surface area (Å²) in [5.74, 6) is 0.622. The number of nitrogens with zero attached hydrogens (tertiary/aromatic N) is 4. The van der Waals surface area contributed by atoms with Crippen LogP contribution in [0.4, 0.5) is 8.78 Å². The molecule has 0 N–H and O–H groups in total. The van der Waals surface area contributed by atoms with Gasteiger partial charge in [0, 0.05) is 38.8 Å². The summed E-state index contributed by atoms with van der Waals surface area (Å²) in [4.78, 5) is 15.5. The zero-order chi connectivity index (χ0) is 21.0. The van der Waals surface area contributed by atoms with Crippen LogP contribution < -0.4 is 4.74 Å². The van der Waals surface area contributed by atoms with Crippen molar-refractivity contribution in [3.05, 3.63) is 42.2 Å². The summed E-state index contributed by atoms with van der Waals surface area (Å²) in [5.41, 5.74) is 1.34. The fourth-order valence-electron chi connectivity index (χ4n) is 3.74. The first kappa shape index (κ1) is 20.7. The Morgan fingerprint density at radius 3 is 2.63 bits per heavy atom. The molecule has 0 unspecified atom stereocenters. The Hall–Kier alpha value is -2.52. The molecular formula is C21H26F2N4O3. The fourth-order valence-corrected chi connectivity index (χ4v) is 3.74. The molecule has 9 heteroatoms. The highest BCUT2D eigenvalue weighted by Gasteiger charge is 2.40. The van der Waals surface area contributed by atoms with E-state index < -0.39 is 6.05 Å². The molecule has 2 fully saturated rings. The van der Waals surface area contributed by atoms with Crippen LogP contribution in [0.2, 0.25) is 0 Å². The maximum atomic E-state index is 13.6. The van der Waals surface area contributed by atoms with Crippen LogP contribution in [-0.2, 0) is 4.74 Å². The lowest BCUT2D eigenvalue weighted by molar-refractivity contribution is -0.119. The topological polar surface area (TPSA) is 59.8 Å². The minimum Gasteiger partial charge on any atom is -0.494 e. The van der Waals surface area contributed by atoms with Gasteiger partial charge in [-0.05, 0) is 37.1 Å². The Kier molecular flexibility index (Phi) is 6.29. The first-order chi connectivity index (χ1) is 14.5. The average molecular weight is 420 g/mol. The van der Waals surface area contributed by atoms with E-state index >= 15 is 0 Å². The van der Waals surface area contributed by atoms with Crippen LogP contribution in [-0.4, -0.2) is 77.5 Å². The minimum atomic E-state index is -2.67. The number of halogens is 2. The van der Waals surface area contributed by atoms with Crippen LogP contribution in [0.15, 0.2) is 36.7 Å². The first-order valence-corrected chi connectivity index (χ1v) is 10.3. The summed E-state index contributed by atoms with van der Waals surface area (Å²) in [6.45, 7) is 3.45. The lowest BCUT2D eigenvalue weighted by Crippen LogP contribution is -2.40. The number of carbonyl (C=O) groups is 1. The van der Waals surface area contributed by atoms with E-state index in [9.17, 15) is 13.6 Å². The van der Waals surface area contributed by atoms with E-state index in [1.54, 1.807) is 22.0 Å². The number of alkyl halides is 2. The molecular weight excluding hydrogens is 394 g/mol. The SMILES string of the molecule is O=C(c1cnn(-c2ccc(OCCCN3CCCC3(F)F)cc2)c1)N1CCOCC1. The first-order valence-electron chi connectivity index (χ1n) is 10.3. The number of hydrogen-bond donors (Lipinski definition) is 0. The van der Waals surface area contributed by atoms with Crippen LogP contribution in [0, 0.1) is 0 Å². The Morgan fingerprint density at radius 1 is 1.17 bits per heavy atom. The van der Waals surface area contributed by atoms with Crippen molar-refractivity contribution in [2.45, 2.75) is 25.3 Å². The zero-order valence-electron chi connectivity index (χ0n) is 16.8. The number of ether oxygens (including phenoxy) is 2. The Bertz CT molecular complexity index is 850. The molecule has 2 saturated heterocycles. The number of hydrogen-bond acceptors (Lipinski definition) is 5. The van der Waals surface area contributed by atoms with Gasteiger partial charge >= 0.3 is 6.05 Å². The smallest absolute Gasteiger partial charge is 0.304 e. The minimum absolute atomic E-state index is 0.0481. The van der Waals surface area contributed by atoms with Gasteiger partial charge in [-0.15, -0.1) is 0 Å². The summed E-state index contributed by atoms with van der Waals surface area (Å²) in [5, 5.41) is 4.29. The van der Waals surface area contributed by atoms with Crippen molar-refractivity contribution >= 4 is 5.91 Å². The number of morpholine rings is 1. The molecule has 1 amide bonds.